The molecule has 1 aliphatic heterocycles. The van der Waals surface area contributed by atoms with Gasteiger partial charge in [0, 0.05) is 40.9 Å². The van der Waals surface area contributed by atoms with Crippen LogP contribution < -0.4 is 10.2 Å². The molecule has 1 aliphatic rings. The molecular formula is C22H23N3OS. The number of fused-ring (bicyclic) bond motifs is 1. The maximum Gasteiger partial charge on any atom is 0.234 e. The Hall–Kier alpha value is -2.53. The lowest BCUT2D eigenvalue weighted by Gasteiger charge is -2.28. The van der Waals surface area contributed by atoms with Crippen LogP contribution in [0.15, 0.2) is 65.7 Å². The first-order valence-corrected chi connectivity index (χ1v) is 10.4. The molecule has 2 aromatic carbocycles. The van der Waals surface area contributed by atoms with Gasteiger partial charge in [-0.3, -0.25) is 9.78 Å². The maximum absolute atomic E-state index is 12.3. The van der Waals surface area contributed by atoms with Gasteiger partial charge in [-0.2, -0.15) is 0 Å². The van der Waals surface area contributed by atoms with Crippen LogP contribution in [0.3, 0.4) is 0 Å². The molecule has 1 N–H and O–H groups in total. The predicted molar refractivity (Wildman–Crippen MR) is 114 cm³/mol. The van der Waals surface area contributed by atoms with Crippen LogP contribution in [-0.2, 0) is 4.79 Å². The minimum atomic E-state index is -0.00124. The quantitative estimate of drug-likeness (QED) is 0.639. The Kier molecular flexibility index (Phi) is 5.58. The first-order chi connectivity index (χ1) is 13.3. The standard InChI is InChI=1S/C22H23N3OS/c26-21(16-27-20-8-4-6-17-7-5-13-23-22(17)20)24-18-9-11-19(12-10-18)25-14-2-1-3-15-25/h4-13H,1-3,14-16H2,(H,24,26). The zero-order chi connectivity index (χ0) is 18.5. The molecule has 1 aromatic heterocycles. The van der Waals surface area contributed by atoms with Crippen molar-refractivity contribution >= 4 is 39.9 Å². The Morgan fingerprint density at radius 3 is 2.59 bits per heavy atom. The number of benzene rings is 2. The average molecular weight is 378 g/mol. The second kappa shape index (κ2) is 8.44. The number of carbonyl (C=O) groups is 1. The van der Waals surface area contributed by atoms with Gasteiger partial charge in [0.25, 0.3) is 0 Å². The van der Waals surface area contributed by atoms with Crippen molar-refractivity contribution in [3.63, 3.8) is 0 Å². The number of anilines is 2. The first-order valence-electron chi connectivity index (χ1n) is 9.41. The van der Waals surface area contributed by atoms with Gasteiger partial charge in [0.2, 0.25) is 5.91 Å². The summed E-state index contributed by atoms with van der Waals surface area (Å²) in [6.45, 7) is 2.25. The van der Waals surface area contributed by atoms with E-state index in [4.69, 9.17) is 0 Å². The Balaban J connectivity index is 1.35. The lowest BCUT2D eigenvalue weighted by atomic mass is 10.1. The van der Waals surface area contributed by atoms with Crippen molar-refractivity contribution in [3.8, 4) is 0 Å². The zero-order valence-electron chi connectivity index (χ0n) is 15.2. The number of pyridine rings is 1. The molecule has 0 aliphatic carbocycles. The molecule has 0 bridgehead atoms. The third-order valence-electron chi connectivity index (χ3n) is 4.83. The summed E-state index contributed by atoms with van der Waals surface area (Å²) < 4.78 is 0. The number of nitrogens with one attached hydrogen (secondary N) is 1. The van der Waals surface area contributed by atoms with Crippen molar-refractivity contribution in [2.24, 2.45) is 0 Å². The summed E-state index contributed by atoms with van der Waals surface area (Å²) in [7, 11) is 0. The molecule has 27 heavy (non-hydrogen) atoms. The Bertz CT molecular complexity index is 915. The Morgan fingerprint density at radius 1 is 1.00 bits per heavy atom. The summed E-state index contributed by atoms with van der Waals surface area (Å²) in [5, 5.41) is 4.09. The smallest absolute Gasteiger partial charge is 0.234 e. The van der Waals surface area contributed by atoms with E-state index in [1.54, 1.807) is 6.20 Å². The van der Waals surface area contributed by atoms with E-state index in [0.29, 0.717) is 5.75 Å². The number of thioether (sulfide) groups is 1. The molecule has 3 aromatic rings. The third kappa shape index (κ3) is 4.42. The summed E-state index contributed by atoms with van der Waals surface area (Å²) >= 11 is 1.52. The van der Waals surface area contributed by atoms with Gasteiger partial charge in [-0.1, -0.05) is 18.2 Å². The van der Waals surface area contributed by atoms with Gasteiger partial charge in [-0.15, -0.1) is 11.8 Å². The Labute approximate surface area is 164 Å². The first kappa shape index (κ1) is 17.9. The number of para-hydroxylation sites is 1. The molecule has 0 radical (unpaired) electrons. The van der Waals surface area contributed by atoms with Crippen LogP contribution in [0.4, 0.5) is 11.4 Å². The summed E-state index contributed by atoms with van der Waals surface area (Å²) in [5.74, 6) is 0.363. The van der Waals surface area contributed by atoms with Crippen LogP contribution >= 0.6 is 11.8 Å². The van der Waals surface area contributed by atoms with Gasteiger partial charge in [-0.05, 0) is 55.7 Å². The minimum Gasteiger partial charge on any atom is -0.372 e. The van der Waals surface area contributed by atoms with Crippen molar-refractivity contribution in [1.29, 1.82) is 0 Å². The van der Waals surface area contributed by atoms with Crippen LogP contribution in [0.2, 0.25) is 0 Å². The Morgan fingerprint density at radius 2 is 1.78 bits per heavy atom. The number of hydrogen-bond acceptors (Lipinski definition) is 4. The molecule has 0 spiro atoms. The number of nitrogens with zero attached hydrogens (tertiary/aromatic N) is 2. The minimum absolute atomic E-state index is 0.00124. The molecule has 0 atom stereocenters. The van der Waals surface area contributed by atoms with E-state index in [2.05, 4.69) is 27.3 Å². The van der Waals surface area contributed by atoms with Crippen molar-refractivity contribution in [3.05, 3.63) is 60.8 Å². The summed E-state index contributed by atoms with van der Waals surface area (Å²) in [6, 6.07) is 18.2. The monoisotopic (exact) mass is 377 g/mol. The number of amides is 1. The number of hydrogen-bond donors (Lipinski definition) is 1. The second-order valence-corrected chi connectivity index (χ2v) is 7.78. The van der Waals surface area contributed by atoms with Crippen molar-refractivity contribution in [2.75, 3.05) is 29.1 Å². The van der Waals surface area contributed by atoms with Crippen LogP contribution in [0, 0.1) is 0 Å². The molecule has 1 amide bonds. The van der Waals surface area contributed by atoms with Crippen LogP contribution in [-0.4, -0.2) is 29.7 Å². The topological polar surface area (TPSA) is 45.2 Å². The largest absolute Gasteiger partial charge is 0.372 e. The highest BCUT2D eigenvalue weighted by molar-refractivity contribution is 8.00. The zero-order valence-corrected chi connectivity index (χ0v) is 16.0. The van der Waals surface area contributed by atoms with Gasteiger partial charge in [0.05, 0.1) is 11.3 Å². The van der Waals surface area contributed by atoms with E-state index in [1.807, 2.05) is 42.5 Å². The fourth-order valence-corrected chi connectivity index (χ4v) is 4.28. The fraction of sp³-hybridized carbons (Fsp3) is 0.273. The van der Waals surface area contributed by atoms with Gasteiger partial charge in [0.1, 0.15) is 0 Å². The van der Waals surface area contributed by atoms with Gasteiger partial charge >= 0.3 is 0 Å². The number of aromatic nitrogens is 1. The highest BCUT2D eigenvalue weighted by Crippen LogP contribution is 2.26. The fourth-order valence-electron chi connectivity index (χ4n) is 3.44. The molecule has 4 rings (SSSR count). The average Bonchev–Trinajstić information content (AvgIpc) is 2.73. The number of carbonyl (C=O) groups excluding carboxylic acids is 1. The molecule has 138 valence electrons. The van der Waals surface area contributed by atoms with Crippen molar-refractivity contribution < 1.29 is 4.79 Å². The summed E-state index contributed by atoms with van der Waals surface area (Å²) in [5.41, 5.74) is 3.03. The van der Waals surface area contributed by atoms with E-state index in [0.717, 1.165) is 34.6 Å². The molecule has 1 saturated heterocycles. The lowest BCUT2D eigenvalue weighted by molar-refractivity contribution is -0.113. The number of piperidine rings is 1. The SMILES string of the molecule is O=C(CSc1cccc2cccnc12)Nc1ccc(N2CCCCC2)cc1. The third-order valence-corrected chi connectivity index (χ3v) is 5.87. The molecular weight excluding hydrogens is 354 g/mol. The summed E-state index contributed by atoms with van der Waals surface area (Å²) in [4.78, 5) is 20.2. The molecule has 1 fully saturated rings. The van der Waals surface area contributed by atoms with E-state index in [-0.39, 0.29) is 5.91 Å². The van der Waals surface area contributed by atoms with Crippen LogP contribution in [0.25, 0.3) is 10.9 Å². The summed E-state index contributed by atoms with van der Waals surface area (Å²) in [6.07, 6.45) is 5.64. The highest BCUT2D eigenvalue weighted by atomic mass is 32.2. The lowest BCUT2D eigenvalue weighted by Crippen LogP contribution is -2.29. The van der Waals surface area contributed by atoms with Crippen molar-refractivity contribution in [1.82, 2.24) is 4.98 Å². The van der Waals surface area contributed by atoms with Gasteiger partial charge in [-0.25, -0.2) is 0 Å². The van der Waals surface area contributed by atoms with E-state index in [1.165, 1.54) is 36.7 Å². The van der Waals surface area contributed by atoms with Gasteiger partial charge in [0.15, 0.2) is 0 Å². The van der Waals surface area contributed by atoms with Gasteiger partial charge < -0.3 is 10.2 Å². The van der Waals surface area contributed by atoms with E-state index < -0.39 is 0 Å². The molecule has 5 heteroatoms. The highest BCUT2D eigenvalue weighted by Gasteiger charge is 2.11. The van der Waals surface area contributed by atoms with Crippen molar-refractivity contribution in [2.45, 2.75) is 24.2 Å². The second-order valence-electron chi connectivity index (χ2n) is 6.76. The molecule has 2 heterocycles. The molecule has 4 nitrogen and oxygen atoms in total. The normalized spacial score (nSPS) is 14.3. The molecule has 0 saturated carbocycles. The number of rotatable bonds is 5. The molecule has 0 unspecified atom stereocenters. The van der Waals surface area contributed by atoms with E-state index in [9.17, 15) is 4.79 Å². The van der Waals surface area contributed by atoms with Crippen LogP contribution in [0.5, 0.6) is 0 Å². The van der Waals surface area contributed by atoms with Crippen LogP contribution in [0.1, 0.15) is 19.3 Å². The predicted octanol–water partition coefficient (Wildman–Crippen LogP) is 4.96. The maximum atomic E-state index is 12.3. The van der Waals surface area contributed by atoms with E-state index >= 15 is 0 Å².